The first-order valence-corrected chi connectivity index (χ1v) is 7.18. The first-order chi connectivity index (χ1) is 9.13. The Kier molecular flexibility index (Phi) is 4.39. The lowest BCUT2D eigenvalue weighted by molar-refractivity contribution is -0.387. The molecule has 0 unspecified atom stereocenters. The van der Waals surface area contributed by atoms with E-state index in [-0.39, 0.29) is 11.6 Å². The zero-order valence-corrected chi connectivity index (χ0v) is 11.4. The van der Waals surface area contributed by atoms with Gasteiger partial charge in [-0.05, 0) is 18.4 Å². The molecule has 0 radical (unpaired) electrons. The predicted molar refractivity (Wildman–Crippen MR) is 73.7 cm³/mol. The van der Waals surface area contributed by atoms with Crippen molar-refractivity contribution >= 4 is 23.4 Å². The van der Waals surface area contributed by atoms with Crippen molar-refractivity contribution < 1.29 is 9.72 Å². The largest absolute Gasteiger partial charge is 0.336 e. The summed E-state index contributed by atoms with van der Waals surface area (Å²) in [7, 11) is 0. The smallest absolute Gasteiger partial charge is 0.283 e. The monoisotopic (exact) mass is 281 g/mol. The highest BCUT2D eigenvalue weighted by atomic mass is 32.2. The molecule has 1 aliphatic rings. The maximum Gasteiger partial charge on any atom is 0.283 e. The summed E-state index contributed by atoms with van der Waals surface area (Å²) < 4.78 is 0. The number of thioether (sulfide) groups is 1. The minimum Gasteiger partial charge on any atom is -0.336 e. The maximum absolute atomic E-state index is 12.2. The summed E-state index contributed by atoms with van der Waals surface area (Å²) in [5, 5.41) is 14.2. The van der Waals surface area contributed by atoms with E-state index in [1.54, 1.807) is 23.3 Å². The Balaban J connectivity index is 2.26. The number of hydrogen-bond acceptors (Lipinski definition) is 5. The number of nitrogens with one attached hydrogen (secondary N) is 1. The van der Waals surface area contributed by atoms with Crippen molar-refractivity contribution in [3.8, 4) is 0 Å². The number of nitrogens with zero attached hydrogens (tertiary/aromatic N) is 2. The molecule has 6 nitrogen and oxygen atoms in total. The molecule has 0 bridgehead atoms. The van der Waals surface area contributed by atoms with Gasteiger partial charge in [-0.3, -0.25) is 14.9 Å². The van der Waals surface area contributed by atoms with Gasteiger partial charge in [-0.15, -0.1) is 11.8 Å². The Morgan fingerprint density at radius 1 is 1.42 bits per heavy atom. The Labute approximate surface area is 115 Å². The number of rotatable bonds is 3. The zero-order valence-electron chi connectivity index (χ0n) is 10.6. The van der Waals surface area contributed by atoms with Gasteiger partial charge in [-0.2, -0.15) is 0 Å². The molecule has 0 aromatic heterocycles. The standard InChI is InChI=1S/C12H15N3O3S/c1-19-11-3-2-9(8-10(11)15(17)18)12(16)14-6-4-13-5-7-14/h2-3,8,13H,4-7H2,1H3. The van der Waals surface area contributed by atoms with Crippen LogP contribution in [0, 0.1) is 10.1 Å². The lowest BCUT2D eigenvalue weighted by Crippen LogP contribution is -2.46. The third-order valence-corrected chi connectivity index (χ3v) is 3.81. The topological polar surface area (TPSA) is 75.5 Å². The summed E-state index contributed by atoms with van der Waals surface area (Å²) in [6.07, 6.45) is 1.78. The summed E-state index contributed by atoms with van der Waals surface area (Å²) in [6.45, 7) is 2.79. The Morgan fingerprint density at radius 2 is 2.11 bits per heavy atom. The Hall–Kier alpha value is -1.60. The quantitative estimate of drug-likeness (QED) is 0.514. The van der Waals surface area contributed by atoms with Crippen molar-refractivity contribution in [1.29, 1.82) is 0 Å². The molecule has 1 heterocycles. The molecule has 0 saturated carbocycles. The van der Waals surface area contributed by atoms with Crippen molar-refractivity contribution in [1.82, 2.24) is 10.2 Å². The molecule has 0 aliphatic carbocycles. The zero-order chi connectivity index (χ0) is 13.8. The normalized spacial score (nSPS) is 15.3. The molecule has 1 amide bonds. The number of nitro benzene ring substituents is 1. The number of hydrogen-bond donors (Lipinski definition) is 1. The van der Waals surface area contributed by atoms with Crippen LogP contribution in [0.5, 0.6) is 0 Å². The third kappa shape index (κ3) is 3.05. The van der Waals surface area contributed by atoms with E-state index in [9.17, 15) is 14.9 Å². The van der Waals surface area contributed by atoms with E-state index in [2.05, 4.69) is 5.32 Å². The van der Waals surface area contributed by atoms with E-state index in [4.69, 9.17) is 0 Å². The first-order valence-electron chi connectivity index (χ1n) is 5.96. The van der Waals surface area contributed by atoms with E-state index in [0.29, 0.717) is 23.5 Å². The van der Waals surface area contributed by atoms with Gasteiger partial charge in [0.25, 0.3) is 11.6 Å². The highest BCUT2D eigenvalue weighted by Gasteiger charge is 2.21. The van der Waals surface area contributed by atoms with E-state index in [1.165, 1.54) is 17.8 Å². The molecule has 0 spiro atoms. The number of carbonyl (C=O) groups excluding carboxylic acids is 1. The highest BCUT2D eigenvalue weighted by molar-refractivity contribution is 7.98. The van der Waals surface area contributed by atoms with E-state index in [0.717, 1.165) is 13.1 Å². The number of piperazine rings is 1. The number of nitro groups is 1. The maximum atomic E-state index is 12.2. The van der Waals surface area contributed by atoms with E-state index >= 15 is 0 Å². The third-order valence-electron chi connectivity index (χ3n) is 3.03. The summed E-state index contributed by atoms with van der Waals surface area (Å²) in [5.74, 6) is -0.141. The molecular weight excluding hydrogens is 266 g/mol. The Bertz CT molecular complexity index is 501. The van der Waals surface area contributed by atoms with Gasteiger partial charge >= 0.3 is 0 Å². The van der Waals surface area contributed by atoms with Gasteiger partial charge in [0.2, 0.25) is 0 Å². The Morgan fingerprint density at radius 3 is 2.68 bits per heavy atom. The van der Waals surface area contributed by atoms with Crippen LogP contribution in [-0.2, 0) is 0 Å². The molecule has 1 aromatic rings. The molecule has 102 valence electrons. The van der Waals surface area contributed by atoms with E-state index < -0.39 is 4.92 Å². The number of carbonyl (C=O) groups is 1. The fraction of sp³-hybridized carbons (Fsp3) is 0.417. The van der Waals surface area contributed by atoms with Crippen LogP contribution in [0.3, 0.4) is 0 Å². The van der Waals surface area contributed by atoms with Crippen molar-refractivity contribution in [2.24, 2.45) is 0 Å². The van der Waals surface area contributed by atoms with Crippen LogP contribution in [0.1, 0.15) is 10.4 Å². The minimum atomic E-state index is -0.444. The summed E-state index contributed by atoms with van der Waals surface area (Å²) >= 11 is 1.30. The van der Waals surface area contributed by atoms with Crippen LogP contribution < -0.4 is 5.32 Å². The number of benzene rings is 1. The fourth-order valence-electron chi connectivity index (χ4n) is 2.02. The summed E-state index contributed by atoms with van der Waals surface area (Å²) in [5.41, 5.74) is 0.375. The predicted octanol–water partition coefficient (Wildman–Crippen LogP) is 1.36. The molecule has 2 rings (SSSR count). The average molecular weight is 281 g/mol. The molecule has 0 atom stereocenters. The molecule has 19 heavy (non-hydrogen) atoms. The van der Waals surface area contributed by atoms with Crippen molar-refractivity contribution in [3.05, 3.63) is 33.9 Å². The van der Waals surface area contributed by atoms with Crippen LogP contribution >= 0.6 is 11.8 Å². The van der Waals surface area contributed by atoms with Gasteiger partial charge in [0, 0.05) is 37.8 Å². The highest BCUT2D eigenvalue weighted by Crippen LogP contribution is 2.28. The van der Waals surface area contributed by atoms with Crippen LogP contribution in [0.15, 0.2) is 23.1 Å². The second-order valence-electron chi connectivity index (χ2n) is 4.19. The molecule has 1 aromatic carbocycles. The van der Waals surface area contributed by atoms with Gasteiger partial charge in [0.05, 0.1) is 9.82 Å². The second kappa shape index (κ2) is 6.03. The molecule has 7 heteroatoms. The molecule has 1 fully saturated rings. The SMILES string of the molecule is CSc1ccc(C(=O)N2CCNCC2)cc1[N+](=O)[O-]. The van der Waals surface area contributed by atoms with Crippen LogP contribution in [-0.4, -0.2) is 48.2 Å². The van der Waals surface area contributed by atoms with Crippen LogP contribution in [0.2, 0.25) is 0 Å². The first kappa shape index (κ1) is 13.8. The second-order valence-corrected chi connectivity index (χ2v) is 5.03. The van der Waals surface area contributed by atoms with Gasteiger partial charge in [-0.25, -0.2) is 0 Å². The molecule has 1 saturated heterocycles. The summed E-state index contributed by atoms with van der Waals surface area (Å²) in [4.78, 5) is 25.1. The molecule has 1 N–H and O–H groups in total. The number of amides is 1. The average Bonchev–Trinajstić information content (AvgIpc) is 2.46. The van der Waals surface area contributed by atoms with Gasteiger partial charge in [0.15, 0.2) is 0 Å². The fourth-order valence-corrected chi connectivity index (χ4v) is 2.56. The van der Waals surface area contributed by atoms with Crippen molar-refractivity contribution in [3.63, 3.8) is 0 Å². The van der Waals surface area contributed by atoms with Gasteiger partial charge < -0.3 is 10.2 Å². The van der Waals surface area contributed by atoms with Gasteiger partial charge in [0.1, 0.15) is 0 Å². The molecular formula is C12H15N3O3S. The lowest BCUT2D eigenvalue weighted by atomic mass is 10.1. The molecule has 1 aliphatic heterocycles. The van der Waals surface area contributed by atoms with Gasteiger partial charge in [-0.1, -0.05) is 0 Å². The van der Waals surface area contributed by atoms with Crippen LogP contribution in [0.4, 0.5) is 5.69 Å². The van der Waals surface area contributed by atoms with Crippen molar-refractivity contribution in [2.45, 2.75) is 4.90 Å². The lowest BCUT2D eigenvalue weighted by Gasteiger charge is -2.27. The van der Waals surface area contributed by atoms with E-state index in [1.807, 2.05) is 0 Å². The van der Waals surface area contributed by atoms with Crippen molar-refractivity contribution in [2.75, 3.05) is 32.4 Å². The van der Waals surface area contributed by atoms with Crippen LogP contribution in [0.25, 0.3) is 0 Å². The minimum absolute atomic E-state index is 0.00603. The summed E-state index contributed by atoms with van der Waals surface area (Å²) in [6, 6.07) is 4.66.